The Morgan fingerprint density at radius 2 is 1.44 bits per heavy atom. The van der Waals surface area contributed by atoms with E-state index in [1.54, 1.807) is 0 Å². The average molecular weight is 384 g/mol. The van der Waals surface area contributed by atoms with Gasteiger partial charge < -0.3 is 0 Å². The van der Waals surface area contributed by atoms with Gasteiger partial charge >= 0.3 is 12.4 Å². The third-order valence-corrected chi connectivity index (χ3v) is 5.02. The SMILES string of the molecule is O=S(=O)(C[C@H](c1ccc(C(F)(F)F)cc1)C(F)(F)F)c1cncnc1. The van der Waals surface area contributed by atoms with Gasteiger partial charge in [-0.3, -0.25) is 0 Å². The zero-order valence-corrected chi connectivity index (χ0v) is 13.0. The summed E-state index contributed by atoms with van der Waals surface area (Å²) in [6.07, 6.45) is -6.97. The number of rotatable bonds is 4. The largest absolute Gasteiger partial charge is 0.416 e. The van der Waals surface area contributed by atoms with Crippen LogP contribution in [0.5, 0.6) is 0 Å². The van der Waals surface area contributed by atoms with Crippen molar-refractivity contribution in [2.45, 2.75) is 23.2 Å². The quantitative estimate of drug-likeness (QED) is 0.756. The highest BCUT2D eigenvalue weighted by Gasteiger charge is 2.44. The highest BCUT2D eigenvalue weighted by atomic mass is 32.2. The second kappa shape index (κ2) is 6.62. The minimum Gasteiger partial charge on any atom is -0.243 e. The number of hydrogen-bond donors (Lipinski definition) is 0. The summed E-state index contributed by atoms with van der Waals surface area (Å²) in [5.74, 6) is -3.85. The van der Waals surface area contributed by atoms with Gasteiger partial charge in [0, 0.05) is 12.4 Å². The van der Waals surface area contributed by atoms with Crippen LogP contribution in [0.1, 0.15) is 17.0 Å². The molecule has 1 aromatic carbocycles. The first kappa shape index (κ1) is 19.2. The van der Waals surface area contributed by atoms with Gasteiger partial charge in [-0.15, -0.1) is 0 Å². The molecular formula is C14H10F6N2O2S. The molecule has 1 atom stereocenters. The molecule has 0 aliphatic carbocycles. The molecule has 0 saturated carbocycles. The third-order valence-electron chi connectivity index (χ3n) is 3.32. The van der Waals surface area contributed by atoms with Crippen molar-refractivity contribution in [2.75, 3.05) is 5.75 Å². The topological polar surface area (TPSA) is 59.9 Å². The highest BCUT2D eigenvalue weighted by Crippen LogP contribution is 2.38. The monoisotopic (exact) mass is 384 g/mol. The van der Waals surface area contributed by atoms with E-state index < -0.39 is 49.9 Å². The number of hydrogen-bond acceptors (Lipinski definition) is 4. The summed E-state index contributed by atoms with van der Waals surface area (Å²) in [5, 5.41) is 0. The first-order chi connectivity index (χ1) is 11.4. The second-order valence-corrected chi connectivity index (χ2v) is 7.10. The van der Waals surface area contributed by atoms with Crippen molar-refractivity contribution in [3.8, 4) is 0 Å². The Kier molecular flexibility index (Phi) is 5.07. The van der Waals surface area contributed by atoms with Crippen molar-refractivity contribution in [3.05, 3.63) is 54.1 Å². The molecule has 0 spiro atoms. The third kappa shape index (κ3) is 4.68. The summed E-state index contributed by atoms with van der Waals surface area (Å²) in [4.78, 5) is 6.37. The molecule has 0 unspecified atom stereocenters. The number of halogens is 6. The van der Waals surface area contributed by atoms with Gasteiger partial charge in [-0.25, -0.2) is 18.4 Å². The summed E-state index contributed by atoms with van der Waals surface area (Å²) in [7, 11) is -4.40. The molecule has 2 rings (SSSR count). The number of nitrogens with zero attached hydrogens (tertiary/aromatic N) is 2. The Morgan fingerprint density at radius 3 is 1.88 bits per heavy atom. The Morgan fingerprint density at radius 1 is 0.920 bits per heavy atom. The predicted octanol–water partition coefficient (Wildman–Crippen LogP) is 3.62. The molecule has 0 N–H and O–H groups in total. The lowest BCUT2D eigenvalue weighted by Crippen LogP contribution is -2.28. The molecule has 0 radical (unpaired) electrons. The summed E-state index contributed by atoms with van der Waals surface area (Å²) in [6.45, 7) is 0. The van der Waals surface area contributed by atoms with Crippen LogP contribution in [0.15, 0.2) is 47.9 Å². The average Bonchev–Trinajstić information content (AvgIpc) is 2.52. The van der Waals surface area contributed by atoms with E-state index in [4.69, 9.17) is 0 Å². The maximum absolute atomic E-state index is 13.3. The number of sulfone groups is 1. The summed E-state index contributed by atoms with van der Waals surface area (Å²) < 4.78 is 102. The van der Waals surface area contributed by atoms with Crippen LogP contribution in [-0.4, -0.2) is 30.3 Å². The lowest BCUT2D eigenvalue weighted by Gasteiger charge is -2.21. The van der Waals surface area contributed by atoms with Crippen LogP contribution in [0.2, 0.25) is 0 Å². The predicted molar refractivity (Wildman–Crippen MR) is 74.3 cm³/mol. The van der Waals surface area contributed by atoms with Gasteiger partial charge in [0.05, 0.1) is 17.2 Å². The number of aromatic nitrogens is 2. The maximum Gasteiger partial charge on any atom is 0.416 e. The molecule has 1 aromatic heterocycles. The Hall–Kier alpha value is -2.17. The summed E-state index contributed by atoms with van der Waals surface area (Å²) in [6, 6.07) is 2.20. The molecule has 2 aromatic rings. The van der Waals surface area contributed by atoms with E-state index in [1.807, 2.05) is 0 Å². The van der Waals surface area contributed by atoms with Crippen LogP contribution in [0.3, 0.4) is 0 Å². The standard InChI is InChI=1S/C14H10F6N2O2S/c15-13(16,17)10-3-1-9(2-4-10)12(14(18,19)20)7-25(23,24)11-5-21-8-22-6-11/h1-6,8,12H,7H2/t12-/m1/s1. The summed E-state index contributed by atoms with van der Waals surface area (Å²) in [5.41, 5.74) is -1.71. The lowest BCUT2D eigenvalue weighted by atomic mass is 9.99. The van der Waals surface area contributed by atoms with Crippen LogP contribution in [0.4, 0.5) is 26.3 Å². The van der Waals surface area contributed by atoms with Crippen molar-refractivity contribution in [3.63, 3.8) is 0 Å². The minimum absolute atomic E-state index is 0.478. The van der Waals surface area contributed by atoms with E-state index in [0.29, 0.717) is 24.3 Å². The van der Waals surface area contributed by atoms with Gasteiger partial charge in [0.1, 0.15) is 11.2 Å². The molecule has 0 saturated heterocycles. The number of alkyl halides is 6. The van der Waals surface area contributed by atoms with Gasteiger partial charge in [0.25, 0.3) is 0 Å². The molecular weight excluding hydrogens is 374 g/mol. The Bertz CT molecular complexity index is 817. The Labute approximate surface area is 138 Å². The van der Waals surface area contributed by atoms with Crippen molar-refractivity contribution < 1.29 is 34.8 Å². The first-order valence-corrected chi connectivity index (χ1v) is 8.28. The zero-order valence-electron chi connectivity index (χ0n) is 12.2. The molecule has 136 valence electrons. The molecule has 0 aliphatic heterocycles. The van der Waals surface area contributed by atoms with Crippen molar-refractivity contribution >= 4 is 9.84 Å². The van der Waals surface area contributed by atoms with Crippen LogP contribution in [0, 0.1) is 0 Å². The van der Waals surface area contributed by atoms with Gasteiger partial charge in [0.15, 0.2) is 9.84 Å². The van der Waals surface area contributed by atoms with Gasteiger partial charge in [-0.2, -0.15) is 26.3 Å². The van der Waals surface area contributed by atoms with Crippen LogP contribution >= 0.6 is 0 Å². The van der Waals surface area contributed by atoms with Crippen molar-refractivity contribution in [1.29, 1.82) is 0 Å². The van der Waals surface area contributed by atoms with E-state index in [1.165, 1.54) is 0 Å². The van der Waals surface area contributed by atoms with E-state index >= 15 is 0 Å². The molecule has 0 bridgehead atoms. The second-order valence-electron chi connectivity index (χ2n) is 5.07. The van der Waals surface area contributed by atoms with Gasteiger partial charge in [0.2, 0.25) is 0 Å². The highest BCUT2D eigenvalue weighted by molar-refractivity contribution is 7.91. The van der Waals surface area contributed by atoms with Gasteiger partial charge in [-0.05, 0) is 17.7 Å². The summed E-state index contributed by atoms with van der Waals surface area (Å²) >= 11 is 0. The molecule has 0 aliphatic rings. The Balaban J connectivity index is 2.38. The van der Waals surface area contributed by atoms with Crippen LogP contribution in [0.25, 0.3) is 0 Å². The van der Waals surface area contributed by atoms with E-state index in [-0.39, 0.29) is 0 Å². The van der Waals surface area contributed by atoms with Crippen LogP contribution < -0.4 is 0 Å². The van der Waals surface area contributed by atoms with E-state index in [2.05, 4.69) is 9.97 Å². The first-order valence-electron chi connectivity index (χ1n) is 6.63. The van der Waals surface area contributed by atoms with Crippen LogP contribution in [-0.2, 0) is 16.0 Å². The normalized spacial score (nSPS) is 14.3. The molecule has 0 fully saturated rings. The maximum atomic E-state index is 13.3. The molecule has 1 heterocycles. The fourth-order valence-corrected chi connectivity index (χ4v) is 3.50. The molecule has 25 heavy (non-hydrogen) atoms. The minimum atomic E-state index is -4.97. The van der Waals surface area contributed by atoms with E-state index in [9.17, 15) is 34.8 Å². The number of benzene rings is 1. The fraction of sp³-hybridized carbons (Fsp3) is 0.286. The van der Waals surface area contributed by atoms with E-state index in [0.717, 1.165) is 18.7 Å². The lowest BCUT2D eigenvalue weighted by molar-refractivity contribution is -0.145. The fourth-order valence-electron chi connectivity index (χ4n) is 2.05. The molecule has 4 nitrogen and oxygen atoms in total. The smallest absolute Gasteiger partial charge is 0.243 e. The molecule has 11 heteroatoms. The van der Waals surface area contributed by atoms with Gasteiger partial charge in [-0.1, -0.05) is 12.1 Å². The molecule has 0 amide bonds. The van der Waals surface area contributed by atoms with Crippen molar-refractivity contribution in [1.82, 2.24) is 9.97 Å². The van der Waals surface area contributed by atoms with Crippen molar-refractivity contribution in [2.24, 2.45) is 0 Å². The zero-order chi connectivity index (χ0) is 18.9.